The van der Waals surface area contributed by atoms with Gasteiger partial charge in [0.2, 0.25) is 0 Å². The van der Waals surface area contributed by atoms with Crippen LogP contribution in [0.3, 0.4) is 0 Å². The minimum Gasteiger partial charge on any atom is -0.507 e. The molecule has 1 saturated heterocycles. The second kappa shape index (κ2) is 7.86. The van der Waals surface area contributed by atoms with Gasteiger partial charge in [0.05, 0.1) is 18.8 Å². The van der Waals surface area contributed by atoms with Gasteiger partial charge in [0.15, 0.2) is 0 Å². The van der Waals surface area contributed by atoms with E-state index in [4.69, 9.17) is 10.5 Å². The molecule has 1 aromatic carbocycles. The van der Waals surface area contributed by atoms with E-state index in [1.54, 1.807) is 6.07 Å². The molecule has 0 aromatic heterocycles. The predicted molar refractivity (Wildman–Crippen MR) is 98.3 cm³/mol. The molecule has 28 heavy (non-hydrogen) atoms. The molecule has 8 N–H and O–H groups in total. The largest absolute Gasteiger partial charge is 0.507 e. The van der Waals surface area contributed by atoms with Crippen LogP contribution in [-0.4, -0.2) is 93.0 Å². The van der Waals surface area contributed by atoms with Gasteiger partial charge in [-0.25, -0.2) is 4.79 Å². The summed E-state index contributed by atoms with van der Waals surface area (Å²) in [6.45, 7) is 0.398. The Balaban J connectivity index is 1.67. The first-order chi connectivity index (χ1) is 13.2. The molecule has 2 unspecified atom stereocenters. The Morgan fingerprint density at radius 3 is 2.43 bits per heavy atom. The van der Waals surface area contributed by atoms with Crippen LogP contribution in [0.25, 0.3) is 0 Å². The first-order valence-electron chi connectivity index (χ1n) is 9.04. The number of carboxylic acids is 1. The van der Waals surface area contributed by atoms with Gasteiger partial charge >= 0.3 is 13.1 Å². The summed E-state index contributed by atoms with van der Waals surface area (Å²) in [6, 6.07) is 3.01. The molecule has 0 radical (unpaired) electrons. The van der Waals surface area contributed by atoms with Crippen molar-refractivity contribution in [1.82, 2.24) is 4.90 Å². The number of rotatable bonds is 9. The average Bonchev–Trinajstić information content (AvgIpc) is 3.40. The molecule has 3 rings (SSSR count). The van der Waals surface area contributed by atoms with E-state index in [2.05, 4.69) is 0 Å². The maximum Gasteiger partial charge on any atom is 0.455 e. The molecule has 154 valence electrons. The van der Waals surface area contributed by atoms with Gasteiger partial charge in [0, 0.05) is 25.5 Å². The van der Waals surface area contributed by atoms with Crippen LogP contribution < -0.4 is 10.5 Å². The lowest BCUT2D eigenvalue weighted by Gasteiger charge is -2.43. The summed E-state index contributed by atoms with van der Waals surface area (Å²) < 4.78 is 5.72. The summed E-state index contributed by atoms with van der Waals surface area (Å²) in [7, 11) is -1.51. The summed E-state index contributed by atoms with van der Waals surface area (Å²) in [5, 5.41) is 56.9. The number of aromatic carboxylic acids is 1. The van der Waals surface area contributed by atoms with Crippen molar-refractivity contribution in [3.63, 3.8) is 0 Å². The monoisotopic (exact) mass is 396 g/mol. The van der Waals surface area contributed by atoms with Gasteiger partial charge in [-0.1, -0.05) is 6.07 Å². The fourth-order valence-electron chi connectivity index (χ4n) is 3.60. The lowest BCUT2D eigenvalue weighted by atomic mass is 9.81. The number of aliphatic hydroxyl groups excluding tert-OH is 2. The fourth-order valence-corrected chi connectivity index (χ4v) is 3.60. The highest BCUT2D eigenvalue weighted by molar-refractivity contribution is 6.44. The van der Waals surface area contributed by atoms with E-state index in [0.717, 1.165) is 0 Å². The number of aromatic hydroxyl groups is 1. The maximum atomic E-state index is 11.6. The van der Waals surface area contributed by atoms with E-state index in [1.165, 1.54) is 6.07 Å². The third kappa shape index (κ3) is 4.09. The Hall–Kier alpha value is -1.89. The summed E-state index contributed by atoms with van der Waals surface area (Å²) >= 11 is 0. The number of carbonyl (C=O) groups is 1. The highest BCUT2D eigenvalue weighted by Gasteiger charge is 2.48. The Morgan fingerprint density at radius 1 is 1.29 bits per heavy atom. The molecule has 1 heterocycles. The molecule has 1 saturated carbocycles. The first-order valence-corrected chi connectivity index (χ1v) is 9.04. The summed E-state index contributed by atoms with van der Waals surface area (Å²) in [4.78, 5) is 13.5. The zero-order valence-corrected chi connectivity index (χ0v) is 15.2. The highest BCUT2D eigenvalue weighted by Crippen LogP contribution is 2.56. The summed E-state index contributed by atoms with van der Waals surface area (Å²) in [6.07, 6.45) is 0.136. The summed E-state index contributed by atoms with van der Waals surface area (Å²) in [5.74, 6) is -2.46. The molecule has 2 aliphatic rings. The van der Waals surface area contributed by atoms with Crippen molar-refractivity contribution < 1.29 is 40.0 Å². The summed E-state index contributed by atoms with van der Waals surface area (Å²) in [5.41, 5.74) is 4.73. The molecule has 2 fully saturated rings. The number of hydrogen-bond acceptors (Lipinski definition) is 9. The van der Waals surface area contributed by atoms with E-state index < -0.39 is 30.2 Å². The van der Waals surface area contributed by atoms with Crippen molar-refractivity contribution in [2.75, 3.05) is 32.8 Å². The number of benzene rings is 1. The second-order valence-corrected chi connectivity index (χ2v) is 7.71. The van der Waals surface area contributed by atoms with Crippen molar-refractivity contribution in [3.05, 3.63) is 23.3 Å². The number of likely N-dealkylation sites (tertiary alicyclic amines) is 1. The van der Waals surface area contributed by atoms with E-state index >= 15 is 0 Å². The normalized spacial score (nSPS) is 22.6. The Morgan fingerprint density at radius 2 is 1.93 bits per heavy atom. The predicted octanol–water partition coefficient (Wildman–Crippen LogP) is -1.83. The van der Waals surface area contributed by atoms with E-state index in [-0.39, 0.29) is 43.1 Å². The van der Waals surface area contributed by atoms with Crippen molar-refractivity contribution in [1.29, 1.82) is 0 Å². The minimum absolute atomic E-state index is 0.0310. The molecular weight excluding hydrogens is 371 g/mol. The van der Waals surface area contributed by atoms with Crippen molar-refractivity contribution >= 4 is 13.1 Å². The van der Waals surface area contributed by atoms with E-state index in [9.17, 15) is 35.3 Å². The topological polar surface area (TPSA) is 177 Å². The number of nitrogens with zero attached hydrogens (tertiary/aromatic N) is 1. The van der Waals surface area contributed by atoms with E-state index in [0.29, 0.717) is 25.1 Å². The quantitative estimate of drug-likeness (QED) is 0.235. The van der Waals surface area contributed by atoms with Crippen LogP contribution in [0.5, 0.6) is 11.5 Å². The molecule has 10 nitrogen and oxygen atoms in total. The number of carboxylic acid groups (broad SMARTS) is 1. The van der Waals surface area contributed by atoms with Crippen LogP contribution in [0.2, 0.25) is 5.82 Å². The van der Waals surface area contributed by atoms with Gasteiger partial charge in [-0.2, -0.15) is 0 Å². The average molecular weight is 396 g/mol. The lowest BCUT2D eigenvalue weighted by molar-refractivity contribution is -0.0121. The van der Waals surface area contributed by atoms with Crippen molar-refractivity contribution in [2.24, 2.45) is 5.73 Å². The maximum absolute atomic E-state index is 11.6. The lowest BCUT2D eigenvalue weighted by Crippen LogP contribution is -2.63. The number of hydrogen-bond donors (Lipinski definition) is 7. The van der Waals surface area contributed by atoms with Gasteiger partial charge < -0.3 is 40.9 Å². The number of phenols is 1. The number of aliphatic hydroxyl groups is 2. The Kier molecular flexibility index (Phi) is 5.85. The van der Waals surface area contributed by atoms with Gasteiger partial charge in [-0.05, 0) is 24.0 Å². The zero-order chi connectivity index (χ0) is 20.6. The molecule has 2 atom stereocenters. The van der Waals surface area contributed by atoms with Gasteiger partial charge in [-0.15, -0.1) is 0 Å². The van der Waals surface area contributed by atoms with Gasteiger partial charge in [0.25, 0.3) is 0 Å². The van der Waals surface area contributed by atoms with E-state index in [1.807, 2.05) is 4.90 Å². The second-order valence-electron chi connectivity index (χ2n) is 7.71. The third-order valence-electron chi connectivity index (χ3n) is 5.39. The van der Waals surface area contributed by atoms with Gasteiger partial charge in [0.1, 0.15) is 23.2 Å². The molecule has 1 aliphatic heterocycles. The number of nitrogens with two attached hydrogens (primary N) is 1. The van der Waals surface area contributed by atoms with Crippen LogP contribution in [0.1, 0.15) is 28.3 Å². The number of ether oxygens (including phenoxy) is 1. The van der Waals surface area contributed by atoms with Crippen LogP contribution in [0, 0.1) is 0 Å². The third-order valence-corrected chi connectivity index (χ3v) is 5.39. The molecule has 11 heteroatoms. The molecule has 0 spiro atoms. The van der Waals surface area contributed by atoms with Crippen LogP contribution in [0.15, 0.2) is 12.1 Å². The van der Waals surface area contributed by atoms with Crippen LogP contribution in [0.4, 0.5) is 0 Å². The van der Waals surface area contributed by atoms with Crippen LogP contribution >= 0.6 is 0 Å². The Bertz CT molecular complexity index is 736. The van der Waals surface area contributed by atoms with Crippen molar-refractivity contribution in [2.45, 2.75) is 29.8 Å². The smallest absolute Gasteiger partial charge is 0.455 e. The SMILES string of the molecule is NC(CO)(CO)CN1CC(Oc2ccc(C3CC3B(O)O)c(O)c2C(=O)O)C1. The molecule has 1 aromatic rings. The molecule has 0 bridgehead atoms. The molecular formula is C17H25BN2O8. The highest BCUT2D eigenvalue weighted by atomic mass is 16.5. The minimum atomic E-state index is -1.51. The standard InChI is InChI=1S/C17H25BN2O8/c19-17(7-21,8-22)6-20-4-9(5-20)28-13-2-1-10(11-3-12(11)18(26)27)15(23)14(13)16(24)25/h1-2,9,11-12,21-23,26-27H,3-8,19H2,(H,24,25). The fraction of sp³-hybridized carbons (Fsp3) is 0.588. The zero-order valence-electron chi connectivity index (χ0n) is 15.2. The van der Waals surface area contributed by atoms with Gasteiger partial charge in [-0.3, -0.25) is 4.90 Å². The first kappa shape index (κ1) is 20.8. The molecule has 1 aliphatic carbocycles. The molecule has 0 amide bonds. The Labute approximate surface area is 161 Å². The van der Waals surface area contributed by atoms with Crippen molar-refractivity contribution in [3.8, 4) is 11.5 Å². The van der Waals surface area contributed by atoms with Crippen LogP contribution in [-0.2, 0) is 0 Å².